The molecular formula is C19H23N3O10P2. The molecule has 13 nitrogen and oxygen atoms in total. The lowest BCUT2D eigenvalue weighted by Crippen LogP contribution is -2.34. The summed E-state index contributed by atoms with van der Waals surface area (Å²) < 4.78 is 24.9. The van der Waals surface area contributed by atoms with Crippen LogP contribution in [0.5, 0.6) is 5.75 Å². The van der Waals surface area contributed by atoms with Crippen LogP contribution in [-0.2, 0) is 29.6 Å². The largest absolute Gasteiger partial charge is 0.495 e. The molecule has 0 aliphatic rings. The van der Waals surface area contributed by atoms with Crippen molar-refractivity contribution < 1.29 is 47.7 Å². The van der Waals surface area contributed by atoms with E-state index in [1.807, 2.05) is 0 Å². The highest BCUT2D eigenvalue weighted by Gasteiger charge is 2.35. The van der Waals surface area contributed by atoms with Crippen molar-refractivity contribution in [2.45, 2.75) is 19.3 Å². The molecule has 6 N–H and O–H groups in total. The number of benzene rings is 2. The lowest BCUT2D eigenvalue weighted by atomic mass is 10.1. The number of ketones is 1. The number of anilines is 2. The van der Waals surface area contributed by atoms with Crippen molar-refractivity contribution in [3.8, 4) is 5.75 Å². The van der Waals surface area contributed by atoms with Crippen molar-refractivity contribution >= 4 is 45.6 Å². The molecule has 15 heteroatoms. The highest BCUT2D eigenvalue weighted by atomic mass is 31.2. The molecule has 2 unspecified atom stereocenters. The molecule has 0 saturated heterocycles. The smallest absolute Gasteiger partial charge is 0.331 e. The zero-order valence-corrected chi connectivity index (χ0v) is 19.9. The fourth-order valence-corrected chi connectivity index (χ4v) is 3.46. The van der Waals surface area contributed by atoms with E-state index < -0.39 is 46.7 Å². The molecule has 0 aliphatic carbocycles. The molecule has 0 aliphatic heterocycles. The van der Waals surface area contributed by atoms with E-state index >= 15 is 0 Å². The van der Waals surface area contributed by atoms with Gasteiger partial charge in [0.1, 0.15) is 5.75 Å². The Morgan fingerprint density at radius 1 is 1.15 bits per heavy atom. The van der Waals surface area contributed by atoms with Crippen LogP contribution in [0.25, 0.3) is 0 Å². The van der Waals surface area contributed by atoms with Crippen LogP contribution >= 0.6 is 16.9 Å². The van der Waals surface area contributed by atoms with Crippen LogP contribution in [0.2, 0.25) is 0 Å². The lowest BCUT2D eigenvalue weighted by molar-refractivity contribution is -0.274. The summed E-state index contributed by atoms with van der Waals surface area (Å²) in [5.41, 5.74) is 3.18. The predicted octanol–water partition coefficient (Wildman–Crippen LogP) is 1.51. The molecule has 1 amide bonds. The molecule has 2 atom stereocenters. The maximum Gasteiger partial charge on any atom is 0.331 e. The maximum atomic E-state index is 12.5. The minimum absolute atomic E-state index is 0.317. The van der Waals surface area contributed by atoms with Crippen molar-refractivity contribution in [1.29, 1.82) is 0 Å². The second-order valence-electron chi connectivity index (χ2n) is 6.58. The van der Waals surface area contributed by atoms with Gasteiger partial charge in [-0.2, -0.15) is 5.10 Å². The Labute approximate surface area is 195 Å². The molecule has 184 valence electrons. The molecule has 2 aromatic rings. The Kier molecular flexibility index (Phi) is 10.2. The second-order valence-corrected chi connectivity index (χ2v) is 8.01. The summed E-state index contributed by atoms with van der Waals surface area (Å²) in [6.45, 7) is 1.18. The normalized spacial score (nSPS) is 14.3. The van der Waals surface area contributed by atoms with Crippen LogP contribution in [0, 0.1) is 0 Å². The summed E-state index contributed by atoms with van der Waals surface area (Å²) in [4.78, 5) is 51.3. The Hall–Kier alpha value is -2.73. The van der Waals surface area contributed by atoms with Gasteiger partial charge in [-0.15, -0.1) is 0 Å². The average molecular weight is 515 g/mol. The summed E-state index contributed by atoms with van der Waals surface area (Å²) in [5, 5.41) is 16.5. The number of ether oxygens (including phenoxy) is 1. The number of para-hydroxylation sites is 2. The Bertz CT molecular complexity index is 1060. The Morgan fingerprint density at radius 2 is 1.79 bits per heavy atom. The summed E-state index contributed by atoms with van der Waals surface area (Å²) in [7, 11) is -5.32. The first-order chi connectivity index (χ1) is 16.0. The van der Waals surface area contributed by atoms with Crippen molar-refractivity contribution in [2.24, 2.45) is 5.10 Å². The van der Waals surface area contributed by atoms with Gasteiger partial charge in [0.25, 0.3) is 11.9 Å². The fraction of sp³-hybridized carbons (Fsp3) is 0.211. The van der Waals surface area contributed by atoms with E-state index in [0.29, 0.717) is 22.7 Å². The number of carbonyl (C=O) groups excluding carboxylic acids is 2. The van der Waals surface area contributed by atoms with E-state index in [-0.39, 0.29) is 0 Å². The van der Waals surface area contributed by atoms with Gasteiger partial charge < -0.3 is 29.8 Å². The molecule has 2 rings (SSSR count). The Balaban J connectivity index is 2.12. The number of methoxy groups -OCH3 is 1. The van der Waals surface area contributed by atoms with Crippen LogP contribution in [0.1, 0.15) is 12.5 Å². The molecular weight excluding hydrogens is 492 g/mol. The van der Waals surface area contributed by atoms with E-state index in [1.54, 1.807) is 24.3 Å². The van der Waals surface area contributed by atoms with Crippen molar-refractivity contribution in [1.82, 2.24) is 0 Å². The van der Waals surface area contributed by atoms with Crippen LogP contribution in [0.3, 0.4) is 0 Å². The summed E-state index contributed by atoms with van der Waals surface area (Å²) in [6.07, 6.45) is -0.520. The lowest BCUT2D eigenvalue weighted by Gasteiger charge is -2.26. The minimum atomic E-state index is -3.67. The van der Waals surface area contributed by atoms with Crippen molar-refractivity contribution in [2.75, 3.05) is 17.9 Å². The standard InChI is InChI=1S/C19H23N3O10P2/c1-12(23)17(18(24)20-15-5-3-4-6-16(15)30-2)22-21-14-9-7-13(8-10-14)11-19(25,31-33(26)27)32-34(28)29/h3-10,21,25-27,34H,11H2,1-2H3,(H,20,24)(H,28,29)/b22-17+. The highest BCUT2D eigenvalue weighted by molar-refractivity contribution is 7.39. The van der Waals surface area contributed by atoms with E-state index in [1.165, 1.54) is 38.3 Å². The van der Waals surface area contributed by atoms with Crippen LogP contribution in [-0.4, -0.2) is 50.3 Å². The molecule has 0 spiro atoms. The van der Waals surface area contributed by atoms with Gasteiger partial charge >= 0.3 is 16.9 Å². The molecule has 34 heavy (non-hydrogen) atoms. The average Bonchev–Trinajstić information content (AvgIpc) is 2.73. The molecule has 0 fully saturated rings. The number of hydrogen-bond acceptors (Lipinski definition) is 11. The third-order valence-electron chi connectivity index (χ3n) is 4.05. The van der Waals surface area contributed by atoms with Gasteiger partial charge in [0.2, 0.25) is 0 Å². The quantitative estimate of drug-likeness (QED) is 0.0788. The van der Waals surface area contributed by atoms with E-state index in [9.17, 15) is 19.3 Å². The molecule has 0 bridgehead atoms. The first kappa shape index (κ1) is 27.5. The van der Waals surface area contributed by atoms with Crippen molar-refractivity contribution in [3.63, 3.8) is 0 Å². The first-order valence-corrected chi connectivity index (χ1v) is 11.8. The number of carbonyl (C=O) groups is 2. The molecule has 0 aromatic heterocycles. The van der Waals surface area contributed by atoms with E-state index in [4.69, 9.17) is 19.4 Å². The number of hydrogen-bond donors (Lipinski definition) is 6. The van der Waals surface area contributed by atoms with Crippen LogP contribution in [0.15, 0.2) is 53.6 Å². The Morgan fingerprint density at radius 3 is 2.35 bits per heavy atom. The molecule has 0 heterocycles. The van der Waals surface area contributed by atoms with Gasteiger partial charge in [0.05, 0.1) is 24.9 Å². The SMILES string of the molecule is COc1ccccc1NC(=O)/C(=N/Nc1ccc(CC(O)(OP(O)O)O[PH](=O)O)cc1)C(C)=O. The second kappa shape index (κ2) is 12.7. The van der Waals surface area contributed by atoms with Gasteiger partial charge in [0.15, 0.2) is 11.5 Å². The van der Waals surface area contributed by atoms with Crippen molar-refractivity contribution in [3.05, 3.63) is 54.1 Å². The monoisotopic (exact) mass is 515 g/mol. The highest BCUT2D eigenvalue weighted by Crippen LogP contribution is 2.38. The summed E-state index contributed by atoms with van der Waals surface area (Å²) >= 11 is 0. The predicted molar refractivity (Wildman–Crippen MR) is 123 cm³/mol. The summed E-state index contributed by atoms with van der Waals surface area (Å²) in [5.74, 6) is -3.70. The number of amides is 1. The molecule has 0 radical (unpaired) electrons. The van der Waals surface area contributed by atoms with Gasteiger partial charge in [0, 0.05) is 6.92 Å². The van der Waals surface area contributed by atoms with Gasteiger partial charge in [-0.25, -0.2) is 0 Å². The molecule has 0 saturated carbocycles. The zero-order chi connectivity index (χ0) is 25.3. The van der Waals surface area contributed by atoms with Crippen LogP contribution in [0.4, 0.5) is 11.4 Å². The van der Waals surface area contributed by atoms with Gasteiger partial charge in [-0.3, -0.25) is 28.6 Å². The first-order valence-electron chi connectivity index (χ1n) is 9.42. The molecule has 2 aromatic carbocycles. The number of nitrogens with zero attached hydrogens (tertiary/aromatic N) is 1. The van der Waals surface area contributed by atoms with E-state index in [2.05, 4.69) is 24.9 Å². The number of Topliss-reactive ketones (excluding diaryl/α,β-unsaturated/α-hetero) is 1. The summed E-state index contributed by atoms with van der Waals surface area (Å²) in [6, 6.07) is 12.4. The number of aliphatic hydroxyl groups is 1. The fourth-order valence-electron chi connectivity index (χ4n) is 2.65. The number of rotatable bonds is 12. The zero-order valence-electron chi connectivity index (χ0n) is 18.0. The van der Waals surface area contributed by atoms with Crippen LogP contribution < -0.4 is 15.5 Å². The minimum Gasteiger partial charge on any atom is -0.495 e. The van der Waals surface area contributed by atoms with Gasteiger partial charge in [-0.05, 0) is 29.8 Å². The van der Waals surface area contributed by atoms with Gasteiger partial charge in [-0.1, -0.05) is 24.3 Å². The van der Waals surface area contributed by atoms with E-state index in [0.717, 1.165) is 0 Å². The third-order valence-corrected chi connectivity index (χ3v) is 5.00. The number of nitrogens with one attached hydrogen (secondary N) is 2. The maximum absolute atomic E-state index is 12.5. The number of hydrazone groups is 1. The third kappa shape index (κ3) is 8.56. The topological polar surface area (TPSA) is 196 Å².